The Labute approximate surface area is 344 Å². The van der Waals surface area contributed by atoms with Crippen LogP contribution in [0.3, 0.4) is 0 Å². The van der Waals surface area contributed by atoms with Crippen molar-refractivity contribution in [1.82, 2.24) is 0 Å². The van der Waals surface area contributed by atoms with Crippen LogP contribution in [-0.4, -0.2) is 0 Å². The Balaban J connectivity index is 1.06. The molecule has 13 rings (SSSR count). The zero-order valence-corrected chi connectivity index (χ0v) is 32.3. The smallest absolute Gasteiger partial charge is 0.132 e. The highest BCUT2D eigenvalue weighted by Crippen LogP contribution is 2.65. The summed E-state index contributed by atoms with van der Waals surface area (Å²) in [6.45, 7) is 0. The molecule has 0 fully saturated rings. The van der Waals surface area contributed by atoms with E-state index in [1.807, 2.05) is 0 Å². The maximum Gasteiger partial charge on any atom is 0.132 e. The third-order valence-corrected chi connectivity index (χ3v) is 14.0. The summed E-state index contributed by atoms with van der Waals surface area (Å²) in [7, 11) is 0. The van der Waals surface area contributed by atoms with Crippen LogP contribution in [0.25, 0.3) is 43.8 Å². The molecule has 1 spiro atoms. The Morgan fingerprint density at radius 2 is 1.00 bits per heavy atom. The van der Waals surface area contributed by atoms with Gasteiger partial charge in [0, 0.05) is 23.0 Å². The molecule has 1 nitrogen and oxygen atoms in total. The quantitative estimate of drug-likeness (QED) is 0.175. The molecule has 0 N–H and O–H groups in total. The van der Waals surface area contributed by atoms with E-state index in [2.05, 4.69) is 218 Å². The minimum atomic E-state index is -0.511. The SMILES string of the molecule is C1=CC2c3ccccc3C3(c4cc(-c5cccc(C6(c7ccccc7)c7ccccc7-c7cc8ccccc8cc76)c5)ccc4Oc4cc5ccccc5cc43)C2C=C1. The molecule has 4 unspecified atom stereocenters. The van der Waals surface area contributed by atoms with Crippen molar-refractivity contribution in [3.05, 3.63) is 263 Å². The summed E-state index contributed by atoms with van der Waals surface area (Å²) in [5.41, 5.74) is 14.4. The lowest BCUT2D eigenvalue weighted by atomic mass is 9.61. The van der Waals surface area contributed by atoms with Gasteiger partial charge in [-0.2, -0.15) is 0 Å². The lowest BCUT2D eigenvalue weighted by Crippen LogP contribution is -2.37. The van der Waals surface area contributed by atoms with E-state index in [-0.39, 0.29) is 11.8 Å². The van der Waals surface area contributed by atoms with Crippen molar-refractivity contribution < 1.29 is 4.74 Å². The van der Waals surface area contributed by atoms with Crippen LogP contribution in [0.4, 0.5) is 0 Å². The van der Waals surface area contributed by atoms with E-state index in [1.165, 1.54) is 88.3 Å². The Kier molecular flexibility index (Phi) is 6.76. The second-order valence-electron chi connectivity index (χ2n) is 16.7. The average Bonchev–Trinajstić information content (AvgIpc) is 3.76. The number of allylic oxidation sites excluding steroid dienone is 4. The van der Waals surface area contributed by atoms with Gasteiger partial charge >= 0.3 is 0 Å². The molecular weight excluding hydrogens is 713 g/mol. The first-order chi connectivity index (χ1) is 29.2. The van der Waals surface area contributed by atoms with Gasteiger partial charge in [0.15, 0.2) is 0 Å². The molecule has 4 aliphatic rings. The van der Waals surface area contributed by atoms with E-state index in [4.69, 9.17) is 4.74 Å². The molecule has 0 bridgehead atoms. The van der Waals surface area contributed by atoms with Crippen LogP contribution in [0.15, 0.2) is 218 Å². The van der Waals surface area contributed by atoms with Crippen LogP contribution in [0, 0.1) is 5.92 Å². The monoisotopic (exact) mass is 750 g/mol. The number of rotatable bonds is 3. The van der Waals surface area contributed by atoms with Gasteiger partial charge in [0.05, 0.1) is 10.8 Å². The van der Waals surface area contributed by atoms with Gasteiger partial charge < -0.3 is 4.74 Å². The van der Waals surface area contributed by atoms with Crippen LogP contribution in [0.5, 0.6) is 11.5 Å². The summed E-state index contributed by atoms with van der Waals surface area (Å²) in [4.78, 5) is 0. The number of hydrogen-bond acceptors (Lipinski definition) is 1. The maximum absolute atomic E-state index is 7.01. The Hall–Kier alpha value is -7.22. The number of fused-ring (bicyclic) bond motifs is 14. The van der Waals surface area contributed by atoms with Gasteiger partial charge in [-0.25, -0.2) is 0 Å². The normalized spacial score (nSPS) is 21.4. The molecule has 4 atom stereocenters. The van der Waals surface area contributed by atoms with Crippen molar-refractivity contribution in [3.8, 4) is 33.8 Å². The highest BCUT2D eigenvalue weighted by molar-refractivity contribution is 5.96. The zero-order valence-electron chi connectivity index (χ0n) is 32.3. The minimum Gasteiger partial charge on any atom is -0.457 e. The van der Waals surface area contributed by atoms with E-state index >= 15 is 0 Å². The molecule has 0 amide bonds. The Bertz CT molecular complexity index is 3280. The van der Waals surface area contributed by atoms with E-state index < -0.39 is 10.8 Å². The van der Waals surface area contributed by atoms with Crippen molar-refractivity contribution in [3.63, 3.8) is 0 Å². The van der Waals surface area contributed by atoms with Gasteiger partial charge in [-0.1, -0.05) is 176 Å². The molecule has 9 aromatic carbocycles. The van der Waals surface area contributed by atoms with Crippen LogP contribution in [0.1, 0.15) is 50.4 Å². The predicted octanol–water partition coefficient (Wildman–Crippen LogP) is 14.3. The van der Waals surface area contributed by atoms with Crippen LogP contribution in [-0.2, 0) is 10.8 Å². The van der Waals surface area contributed by atoms with Gasteiger partial charge in [-0.15, -0.1) is 0 Å². The molecule has 1 aliphatic heterocycles. The number of ether oxygens (including phenoxy) is 1. The molecule has 59 heavy (non-hydrogen) atoms. The molecule has 0 saturated carbocycles. The summed E-state index contributed by atoms with van der Waals surface area (Å²) in [5, 5.41) is 4.94. The topological polar surface area (TPSA) is 9.23 Å². The van der Waals surface area contributed by atoms with Gasteiger partial charge in [0.1, 0.15) is 11.5 Å². The van der Waals surface area contributed by atoms with Gasteiger partial charge in [0.25, 0.3) is 0 Å². The fraction of sp³-hybridized carbons (Fsp3) is 0.0690. The first-order valence-corrected chi connectivity index (χ1v) is 20.8. The van der Waals surface area contributed by atoms with E-state index in [0.717, 1.165) is 11.5 Å². The summed E-state index contributed by atoms with van der Waals surface area (Å²) in [6.07, 6.45) is 9.34. The third kappa shape index (κ3) is 4.34. The number of benzene rings is 9. The highest BCUT2D eigenvalue weighted by Gasteiger charge is 2.57. The number of hydrogen-bond donors (Lipinski definition) is 0. The predicted molar refractivity (Wildman–Crippen MR) is 242 cm³/mol. The summed E-state index contributed by atoms with van der Waals surface area (Å²) >= 11 is 0. The zero-order chi connectivity index (χ0) is 38.7. The minimum absolute atomic E-state index is 0.191. The van der Waals surface area contributed by atoms with E-state index in [1.54, 1.807) is 0 Å². The first-order valence-electron chi connectivity index (χ1n) is 20.8. The molecule has 1 heterocycles. The summed E-state index contributed by atoms with van der Waals surface area (Å²) in [6, 6.07) is 72.6. The van der Waals surface area contributed by atoms with Gasteiger partial charge in [0.2, 0.25) is 0 Å². The Morgan fingerprint density at radius 3 is 1.83 bits per heavy atom. The van der Waals surface area contributed by atoms with E-state index in [9.17, 15) is 0 Å². The van der Waals surface area contributed by atoms with Crippen molar-refractivity contribution in [2.24, 2.45) is 5.92 Å². The van der Waals surface area contributed by atoms with E-state index in [0.29, 0.717) is 0 Å². The lowest BCUT2D eigenvalue weighted by molar-refractivity contribution is 0.375. The molecule has 1 heteroatoms. The average molecular weight is 751 g/mol. The van der Waals surface area contributed by atoms with Crippen molar-refractivity contribution in [1.29, 1.82) is 0 Å². The molecular formula is C58H38O. The second kappa shape index (κ2) is 12.1. The lowest BCUT2D eigenvalue weighted by Gasteiger charge is -2.43. The van der Waals surface area contributed by atoms with Crippen molar-refractivity contribution in [2.75, 3.05) is 0 Å². The molecule has 3 aliphatic carbocycles. The molecule has 0 aromatic heterocycles. The van der Waals surface area contributed by atoms with Crippen LogP contribution < -0.4 is 4.74 Å². The standard InChI is InChI=1S/C58H38O/c1-2-20-43(21-3-1)57(49-26-11-10-25-47(49)48-32-38-15-4-5-16-39(38)33-52(48)57)44-22-14-19-37(31-44)42-29-30-55-53(35-42)58(54-34-40-17-6-7-18-41(40)36-56(54)59-55)50-27-12-8-23-45(50)46-24-9-13-28-51(46)58/h1-36,45,50H. The summed E-state index contributed by atoms with van der Waals surface area (Å²) in [5.74, 6) is 2.33. The third-order valence-electron chi connectivity index (χ3n) is 14.0. The molecule has 9 aromatic rings. The molecule has 0 radical (unpaired) electrons. The first kappa shape index (κ1) is 32.8. The van der Waals surface area contributed by atoms with Gasteiger partial charge in [-0.05, 0) is 120 Å². The van der Waals surface area contributed by atoms with Gasteiger partial charge in [-0.3, -0.25) is 0 Å². The maximum atomic E-state index is 7.01. The fourth-order valence-electron chi connectivity index (χ4n) is 11.6. The van der Waals surface area contributed by atoms with Crippen molar-refractivity contribution in [2.45, 2.75) is 16.7 Å². The second-order valence-corrected chi connectivity index (χ2v) is 16.7. The highest BCUT2D eigenvalue weighted by atomic mass is 16.5. The fourth-order valence-corrected chi connectivity index (χ4v) is 11.6. The van der Waals surface area contributed by atoms with Crippen LogP contribution in [0.2, 0.25) is 0 Å². The molecule has 276 valence electrons. The largest absolute Gasteiger partial charge is 0.457 e. The van der Waals surface area contributed by atoms with Crippen molar-refractivity contribution >= 4 is 21.5 Å². The molecule has 0 saturated heterocycles. The van der Waals surface area contributed by atoms with Crippen LogP contribution >= 0.6 is 0 Å². The summed E-state index contributed by atoms with van der Waals surface area (Å²) < 4.78 is 7.01. The Morgan fingerprint density at radius 1 is 0.373 bits per heavy atom.